The molecule has 6 rings (SSSR count). The molecule has 0 spiro atoms. The first kappa shape index (κ1) is 19.5. The van der Waals surface area contributed by atoms with E-state index in [9.17, 15) is 9.59 Å². The van der Waals surface area contributed by atoms with Gasteiger partial charge in [-0.25, -0.2) is 0 Å². The zero-order valence-electron chi connectivity index (χ0n) is 16.3. The molecule has 1 aliphatic carbocycles. The van der Waals surface area contributed by atoms with E-state index >= 15 is 0 Å². The first-order chi connectivity index (χ1) is 15.5. The Hall–Kier alpha value is -3.18. The van der Waals surface area contributed by atoms with Crippen LogP contribution in [0.1, 0.15) is 26.5 Å². The minimum absolute atomic E-state index is 0.0500. The number of allylic oxidation sites excluding steroid dienone is 1. The molecule has 0 N–H and O–H groups in total. The van der Waals surface area contributed by atoms with Crippen LogP contribution in [0.15, 0.2) is 76.7 Å². The number of thiophene rings is 1. The summed E-state index contributed by atoms with van der Waals surface area (Å²) in [6, 6.07) is 21.2. The first-order valence-corrected chi connectivity index (χ1v) is 11.4. The third-order valence-electron chi connectivity index (χ3n) is 5.61. The molecule has 0 bridgehead atoms. The van der Waals surface area contributed by atoms with E-state index in [1.165, 1.54) is 29.0 Å². The van der Waals surface area contributed by atoms with E-state index in [1.807, 2.05) is 30.3 Å². The van der Waals surface area contributed by atoms with Crippen LogP contribution in [0.3, 0.4) is 0 Å². The van der Waals surface area contributed by atoms with Crippen LogP contribution in [0.2, 0.25) is 10.0 Å². The van der Waals surface area contributed by atoms with E-state index in [-0.39, 0.29) is 38.3 Å². The Morgan fingerprint density at radius 2 is 1.47 bits per heavy atom. The van der Waals surface area contributed by atoms with Gasteiger partial charge >= 0.3 is 0 Å². The van der Waals surface area contributed by atoms with Gasteiger partial charge < -0.3 is 4.42 Å². The zero-order valence-corrected chi connectivity index (χ0v) is 18.6. The molecule has 6 heteroatoms. The minimum Gasteiger partial charge on any atom is -0.456 e. The van der Waals surface area contributed by atoms with Gasteiger partial charge in [0.25, 0.3) is 0 Å². The summed E-state index contributed by atoms with van der Waals surface area (Å²) in [6.07, 6.45) is 1.50. The quantitative estimate of drug-likeness (QED) is 0.192. The number of ketones is 2. The van der Waals surface area contributed by atoms with Crippen LogP contribution in [-0.4, -0.2) is 11.6 Å². The van der Waals surface area contributed by atoms with Crippen molar-refractivity contribution in [1.29, 1.82) is 0 Å². The molecular formula is C26H12Cl2O3S. The van der Waals surface area contributed by atoms with Gasteiger partial charge in [-0.05, 0) is 34.5 Å². The lowest BCUT2D eigenvalue weighted by Gasteiger charge is -2.03. The highest BCUT2D eigenvalue weighted by Crippen LogP contribution is 2.40. The predicted molar refractivity (Wildman–Crippen MR) is 130 cm³/mol. The predicted octanol–water partition coefficient (Wildman–Crippen LogP) is 8.08. The van der Waals surface area contributed by atoms with Crippen LogP contribution in [-0.2, 0) is 0 Å². The Labute approximate surface area is 196 Å². The summed E-state index contributed by atoms with van der Waals surface area (Å²) in [4.78, 5) is 26.6. The second-order valence-electron chi connectivity index (χ2n) is 7.54. The van der Waals surface area contributed by atoms with Crippen LogP contribution in [0, 0.1) is 0 Å². The van der Waals surface area contributed by atoms with Crippen molar-refractivity contribution >= 4 is 73.2 Å². The normalized spacial score (nSPS) is 13.4. The number of hydrogen-bond donors (Lipinski definition) is 0. The van der Waals surface area contributed by atoms with E-state index in [4.69, 9.17) is 27.6 Å². The molecule has 0 unspecified atom stereocenters. The summed E-state index contributed by atoms with van der Waals surface area (Å²) in [5.74, 6) is -0.294. The third-order valence-corrected chi connectivity index (χ3v) is 7.43. The van der Waals surface area contributed by atoms with Crippen molar-refractivity contribution in [2.75, 3.05) is 0 Å². The van der Waals surface area contributed by atoms with Crippen molar-refractivity contribution in [3.05, 3.63) is 99.2 Å². The summed E-state index contributed by atoms with van der Waals surface area (Å²) in [6.45, 7) is 0. The molecule has 0 amide bonds. The summed E-state index contributed by atoms with van der Waals surface area (Å²) in [7, 11) is 0. The molecule has 5 aromatic rings. The molecule has 3 aromatic carbocycles. The molecule has 2 aromatic heterocycles. The fourth-order valence-electron chi connectivity index (χ4n) is 4.09. The number of halogens is 2. The molecular weight excluding hydrogens is 463 g/mol. The SMILES string of the molecule is O=C1C(=Cc2cc3sc(-c4cccc5ccccc45)cc3o2)C(=O)c2cc(Cl)c(Cl)cc21. The Balaban J connectivity index is 1.39. The largest absolute Gasteiger partial charge is 0.456 e. The van der Waals surface area contributed by atoms with E-state index in [0.29, 0.717) is 11.3 Å². The Morgan fingerprint density at radius 3 is 2.19 bits per heavy atom. The zero-order chi connectivity index (χ0) is 22.0. The monoisotopic (exact) mass is 474 g/mol. The maximum atomic E-state index is 12.8. The highest BCUT2D eigenvalue weighted by molar-refractivity contribution is 7.22. The van der Waals surface area contributed by atoms with Crippen molar-refractivity contribution in [3.63, 3.8) is 0 Å². The number of carbonyl (C=O) groups is 2. The van der Waals surface area contributed by atoms with Crippen LogP contribution in [0.5, 0.6) is 0 Å². The number of hydrogen-bond acceptors (Lipinski definition) is 4. The molecule has 0 fully saturated rings. The van der Waals surface area contributed by atoms with Gasteiger partial charge in [-0.1, -0.05) is 65.7 Å². The molecule has 154 valence electrons. The van der Waals surface area contributed by atoms with Gasteiger partial charge in [0, 0.05) is 28.1 Å². The first-order valence-electron chi connectivity index (χ1n) is 9.81. The maximum Gasteiger partial charge on any atom is 0.197 e. The van der Waals surface area contributed by atoms with Gasteiger partial charge in [0.1, 0.15) is 11.3 Å². The number of fused-ring (bicyclic) bond motifs is 3. The molecule has 0 radical (unpaired) electrons. The second kappa shape index (κ2) is 7.17. The van der Waals surface area contributed by atoms with Crippen molar-refractivity contribution < 1.29 is 14.0 Å². The summed E-state index contributed by atoms with van der Waals surface area (Å²) >= 11 is 13.7. The van der Waals surface area contributed by atoms with Crippen molar-refractivity contribution in [2.45, 2.75) is 0 Å². The number of carbonyl (C=O) groups excluding carboxylic acids is 2. The van der Waals surface area contributed by atoms with E-state index in [0.717, 1.165) is 15.1 Å². The number of benzene rings is 3. The molecule has 0 saturated carbocycles. The van der Waals surface area contributed by atoms with Crippen molar-refractivity contribution in [1.82, 2.24) is 0 Å². The molecule has 32 heavy (non-hydrogen) atoms. The Kier molecular flexibility index (Phi) is 4.37. The van der Waals surface area contributed by atoms with E-state index in [2.05, 4.69) is 24.3 Å². The summed E-state index contributed by atoms with van der Waals surface area (Å²) < 4.78 is 6.91. The van der Waals surface area contributed by atoms with Crippen LogP contribution < -0.4 is 0 Å². The molecule has 1 aliphatic rings. The Morgan fingerprint density at radius 1 is 0.781 bits per heavy atom. The summed E-state index contributed by atoms with van der Waals surface area (Å²) in [5, 5.41) is 2.84. The average Bonchev–Trinajstić information content (AvgIpc) is 3.42. The molecule has 0 atom stereocenters. The van der Waals surface area contributed by atoms with Gasteiger partial charge in [-0.3, -0.25) is 9.59 Å². The van der Waals surface area contributed by atoms with Crippen LogP contribution >= 0.6 is 34.5 Å². The van der Waals surface area contributed by atoms with Gasteiger partial charge in [0.15, 0.2) is 11.6 Å². The van der Waals surface area contributed by atoms with Gasteiger partial charge in [0.2, 0.25) is 0 Å². The third kappa shape index (κ3) is 2.95. The molecule has 0 aliphatic heterocycles. The lowest BCUT2D eigenvalue weighted by molar-refractivity contribution is 0.0990. The van der Waals surface area contributed by atoms with Gasteiger partial charge in [-0.2, -0.15) is 0 Å². The average molecular weight is 475 g/mol. The van der Waals surface area contributed by atoms with Gasteiger partial charge in [0.05, 0.1) is 20.3 Å². The fourth-order valence-corrected chi connectivity index (χ4v) is 5.48. The maximum absolute atomic E-state index is 12.8. The Bertz CT molecular complexity index is 1560. The van der Waals surface area contributed by atoms with Crippen LogP contribution in [0.25, 0.3) is 37.6 Å². The van der Waals surface area contributed by atoms with Crippen molar-refractivity contribution in [2.24, 2.45) is 0 Å². The van der Waals surface area contributed by atoms with E-state index in [1.54, 1.807) is 11.3 Å². The van der Waals surface area contributed by atoms with E-state index < -0.39 is 0 Å². The highest BCUT2D eigenvalue weighted by Gasteiger charge is 2.34. The molecule has 3 nitrogen and oxygen atoms in total. The standard InChI is InChI=1S/C26H12Cl2O3S/c27-20-10-17-18(11-21(20)28)26(30)19(25(17)29)8-14-9-24-22(31-14)12-23(32-24)16-7-3-5-13-4-1-2-6-15(13)16/h1-12H. The lowest BCUT2D eigenvalue weighted by atomic mass is 10.0. The smallest absolute Gasteiger partial charge is 0.197 e. The van der Waals surface area contributed by atoms with Crippen LogP contribution in [0.4, 0.5) is 0 Å². The topological polar surface area (TPSA) is 47.3 Å². The molecule has 0 saturated heterocycles. The number of furan rings is 1. The second-order valence-corrected chi connectivity index (χ2v) is 9.44. The molecule has 2 heterocycles. The summed E-state index contributed by atoms with van der Waals surface area (Å²) in [5.41, 5.74) is 2.44. The van der Waals surface area contributed by atoms with Gasteiger partial charge in [-0.15, -0.1) is 11.3 Å². The number of rotatable bonds is 2. The highest BCUT2D eigenvalue weighted by atomic mass is 35.5. The fraction of sp³-hybridized carbons (Fsp3) is 0. The minimum atomic E-state index is -0.375. The number of Topliss-reactive ketones (excluding diaryl/α,β-unsaturated/α-hetero) is 2. The lowest BCUT2D eigenvalue weighted by Crippen LogP contribution is -1.99. The van der Waals surface area contributed by atoms with Crippen molar-refractivity contribution in [3.8, 4) is 10.4 Å².